The molecule has 0 saturated carbocycles. The number of sulfonamides is 1. The highest BCUT2D eigenvalue weighted by Gasteiger charge is 2.25. The van der Waals surface area contributed by atoms with Crippen molar-refractivity contribution < 1.29 is 21.6 Å². The minimum absolute atomic E-state index is 0.0554. The van der Waals surface area contributed by atoms with Crippen molar-refractivity contribution in [2.24, 2.45) is 0 Å². The van der Waals surface area contributed by atoms with E-state index in [1.165, 1.54) is 12.1 Å². The molecule has 0 unspecified atom stereocenters. The lowest BCUT2D eigenvalue weighted by Crippen LogP contribution is -2.28. The zero-order valence-electron chi connectivity index (χ0n) is 16.6. The van der Waals surface area contributed by atoms with Crippen molar-refractivity contribution in [1.82, 2.24) is 14.9 Å². The van der Waals surface area contributed by atoms with Gasteiger partial charge in [-0.25, -0.2) is 21.6 Å². The summed E-state index contributed by atoms with van der Waals surface area (Å²) in [6.07, 6.45) is 1.53. The van der Waals surface area contributed by atoms with Crippen LogP contribution in [0.2, 0.25) is 0 Å². The average Bonchev–Trinajstić information content (AvgIpc) is 3.21. The van der Waals surface area contributed by atoms with Gasteiger partial charge >= 0.3 is 0 Å². The Morgan fingerprint density at radius 1 is 1.00 bits per heavy atom. The molecule has 0 aliphatic heterocycles. The van der Waals surface area contributed by atoms with Gasteiger partial charge in [0.1, 0.15) is 0 Å². The van der Waals surface area contributed by atoms with Crippen LogP contribution in [-0.4, -0.2) is 39.2 Å². The van der Waals surface area contributed by atoms with Gasteiger partial charge < -0.3 is 0 Å². The molecule has 1 aromatic heterocycles. The summed E-state index contributed by atoms with van der Waals surface area (Å²) in [6.45, 7) is 1.79. The predicted molar refractivity (Wildman–Crippen MR) is 117 cm³/mol. The smallest absolute Gasteiger partial charge is 0.270 e. The van der Waals surface area contributed by atoms with Crippen molar-refractivity contribution in [3.05, 3.63) is 65.7 Å². The van der Waals surface area contributed by atoms with Crippen molar-refractivity contribution in [2.45, 2.75) is 28.6 Å². The Kier molecular flexibility index (Phi) is 6.84. The van der Waals surface area contributed by atoms with Crippen LogP contribution < -0.4 is 10.0 Å². The first kappa shape index (κ1) is 23.0. The highest BCUT2D eigenvalue weighted by atomic mass is 32.2. The molecule has 0 aliphatic carbocycles. The molecule has 0 spiro atoms. The van der Waals surface area contributed by atoms with Crippen LogP contribution in [0.3, 0.4) is 0 Å². The Bertz CT molecular complexity index is 1270. The molecular weight excluding hydrogens is 460 g/mol. The van der Waals surface area contributed by atoms with Gasteiger partial charge in [-0.3, -0.25) is 10.1 Å². The fourth-order valence-corrected chi connectivity index (χ4v) is 5.55. The van der Waals surface area contributed by atoms with Crippen molar-refractivity contribution >= 4 is 42.2 Å². The summed E-state index contributed by atoms with van der Waals surface area (Å²) < 4.78 is 51.0. The maximum absolute atomic E-state index is 12.8. The van der Waals surface area contributed by atoms with E-state index < -0.39 is 31.8 Å². The lowest BCUT2D eigenvalue weighted by Gasteiger charge is -2.16. The van der Waals surface area contributed by atoms with Gasteiger partial charge in [-0.15, -0.1) is 10.2 Å². The van der Waals surface area contributed by atoms with Crippen LogP contribution in [0.4, 0.5) is 5.13 Å². The van der Waals surface area contributed by atoms with E-state index in [9.17, 15) is 21.6 Å². The number of nitrogens with zero attached hydrogens (tertiary/aromatic N) is 2. The van der Waals surface area contributed by atoms with Gasteiger partial charge in [0.25, 0.3) is 15.9 Å². The number of nitrogens with one attached hydrogen (secondary N) is 2. The maximum Gasteiger partial charge on any atom is 0.270 e. The quantitative estimate of drug-likeness (QED) is 0.473. The average molecular weight is 481 g/mol. The molecule has 1 atom stereocenters. The maximum atomic E-state index is 12.8. The third kappa shape index (κ3) is 5.73. The summed E-state index contributed by atoms with van der Waals surface area (Å²) in [7, 11) is -7.36. The molecule has 1 heterocycles. The minimum atomic E-state index is -4.01. The summed E-state index contributed by atoms with van der Waals surface area (Å²) in [5.41, 5.74) is 1.02. The highest BCUT2D eigenvalue weighted by molar-refractivity contribution is 7.91. The lowest BCUT2D eigenvalue weighted by atomic mass is 10.1. The number of hydrogen-bond acceptors (Lipinski definition) is 8. The number of aromatic nitrogens is 2. The predicted octanol–water partition coefficient (Wildman–Crippen LogP) is 2.62. The number of carbonyl (C=O) groups is 1. The molecule has 1 amide bonds. The van der Waals surface area contributed by atoms with Gasteiger partial charge in [0.15, 0.2) is 9.84 Å². The standard InChI is InChI=1S/C19H20N4O5S3/c1-3-16(13-9-11-15(12-10-13)30(2,25)26)23-31(27,28)19-22-21-18(29-19)20-17(24)14-7-5-4-6-8-14/h4-12,16,23H,3H2,1-2H3,(H,20,21,24)/t16-/m1/s1. The third-order valence-corrected chi connectivity index (χ3v) is 8.12. The second-order valence-corrected chi connectivity index (χ2v) is 11.5. The molecule has 3 rings (SSSR count). The summed E-state index contributed by atoms with van der Waals surface area (Å²) in [4.78, 5) is 12.3. The first-order valence-corrected chi connectivity index (χ1v) is 13.3. The molecular formula is C19H20N4O5S3. The van der Waals surface area contributed by atoms with Crippen molar-refractivity contribution in [1.29, 1.82) is 0 Å². The number of rotatable bonds is 8. The fourth-order valence-electron chi connectivity index (χ4n) is 2.70. The summed E-state index contributed by atoms with van der Waals surface area (Å²) in [5.74, 6) is -0.425. The molecule has 164 valence electrons. The van der Waals surface area contributed by atoms with Crippen LogP contribution in [0.1, 0.15) is 35.3 Å². The zero-order chi connectivity index (χ0) is 22.6. The molecule has 0 saturated heterocycles. The number of amides is 1. The van der Waals surface area contributed by atoms with Gasteiger partial charge in [0.2, 0.25) is 9.47 Å². The molecule has 2 aromatic carbocycles. The van der Waals surface area contributed by atoms with Crippen LogP contribution in [-0.2, 0) is 19.9 Å². The highest BCUT2D eigenvalue weighted by Crippen LogP contribution is 2.25. The number of benzene rings is 2. The van der Waals surface area contributed by atoms with E-state index in [1.54, 1.807) is 49.4 Å². The third-order valence-electron chi connectivity index (χ3n) is 4.31. The Hall–Kier alpha value is -2.67. The Labute approximate surface area is 184 Å². The van der Waals surface area contributed by atoms with Gasteiger partial charge in [0.05, 0.1) is 4.90 Å². The second-order valence-electron chi connectivity index (χ2n) is 6.62. The molecule has 2 N–H and O–H groups in total. The normalized spacial score (nSPS) is 13.0. The lowest BCUT2D eigenvalue weighted by molar-refractivity contribution is 0.102. The van der Waals surface area contributed by atoms with Crippen LogP contribution >= 0.6 is 11.3 Å². The fraction of sp³-hybridized carbons (Fsp3) is 0.211. The van der Waals surface area contributed by atoms with E-state index >= 15 is 0 Å². The largest absolute Gasteiger partial charge is 0.296 e. The summed E-state index contributed by atoms with van der Waals surface area (Å²) in [6, 6.07) is 13.9. The Morgan fingerprint density at radius 3 is 2.23 bits per heavy atom. The molecule has 0 radical (unpaired) electrons. The molecule has 9 nitrogen and oxygen atoms in total. The van der Waals surface area contributed by atoms with E-state index in [2.05, 4.69) is 20.2 Å². The molecule has 0 fully saturated rings. The SMILES string of the molecule is CC[C@@H](NS(=O)(=O)c1nnc(NC(=O)c2ccccc2)s1)c1ccc(S(C)(=O)=O)cc1. The van der Waals surface area contributed by atoms with Crippen LogP contribution in [0, 0.1) is 0 Å². The van der Waals surface area contributed by atoms with Crippen LogP contribution in [0.15, 0.2) is 63.8 Å². The topological polar surface area (TPSA) is 135 Å². The Balaban J connectivity index is 1.74. The van der Waals surface area contributed by atoms with Gasteiger partial charge in [-0.2, -0.15) is 0 Å². The van der Waals surface area contributed by atoms with Gasteiger partial charge in [-0.1, -0.05) is 48.6 Å². The van der Waals surface area contributed by atoms with Crippen molar-refractivity contribution in [3.8, 4) is 0 Å². The van der Waals surface area contributed by atoms with Crippen molar-refractivity contribution in [3.63, 3.8) is 0 Å². The summed E-state index contributed by atoms with van der Waals surface area (Å²) in [5, 5.41) is 10.0. The molecule has 0 bridgehead atoms. The molecule has 12 heteroatoms. The van der Waals surface area contributed by atoms with E-state index in [0.29, 0.717) is 17.5 Å². The number of carbonyl (C=O) groups excluding carboxylic acids is 1. The number of hydrogen-bond donors (Lipinski definition) is 2. The molecule has 0 aliphatic rings. The molecule has 31 heavy (non-hydrogen) atoms. The minimum Gasteiger partial charge on any atom is -0.296 e. The Morgan fingerprint density at radius 2 is 1.65 bits per heavy atom. The monoisotopic (exact) mass is 480 g/mol. The van der Waals surface area contributed by atoms with Crippen molar-refractivity contribution in [2.75, 3.05) is 11.6 Å². The second kappa shape index (κ2) is 9.22. The van der Waals surface area contributed by atoms with E-state index in [4.69, 9.17) is 0 Å². The first-order chi connectivity index (χ1) is 14.6. The van der Waals surface area contributed by atoms with Gasteiger partial charge in [-0.05, 0) is 36.2 Å². The zero-order valence-corrected chi connectivity index (χ0v) is 19.1. The van der Waals surface area contributed by atoms with E-state index in [1.807, 2.05) is 0 Å². The molecule has 3 aromatic rings. The first-order valence-electron chi connectivity index (χ1n) is 9.12. The number of sulfone groups is 1. The van der Waals surface area contributed by atoms with Gasteiger partial charge in [0, 0.05) is 17.9 Å². The van der Waals surface area contributed by atoms with Crippen LogP contribution in [0.25, 0.3) is 0 Å². The number of anilines is 1. The van der Waals surface area contributed by atoms with Crippen LogP contribution in [0.5, 0.6) is 0 Å². The van der Waals surface area contributed by atoms with E-state index in [0.717, 1.165) is 17.6 Å². The van der Waals surface area contributed by atoms with E-state index in [-0.39, 0.29) is 14.4 Å². The summed E-state index contributed by atoms with van der Waals surface area (Å²) >= 11 is 0.732.